The Morgan fingerprint density at radius 2 is 0.857 bits per heavy atom. The van der Waals surface area contributed by atoms with Crippen LogP contribution in [0.2, 0.25) is 0 Å². The maximum Gasteiger partial charge on any atom is 0.643 e. The van der Waals surface area contributed by atoms with E-state index in [-0.39, 0.29) is 33.8 Å². The molecule has 0 amide bonds. The summed E-state index contributed by atoms with van der Waals surface area (Å²) in [5.74, 6) is -1.34. The summed E-state index contributed by atoms with van der Waals surface area (Å²) in [5.41, 5.74) is 4.56. The fraction of sp³-hybridized carbons (Fsp3) is 0.400. The maximum absolute atomic E-state index is 13.5. The van der Waals surface area contributed by atoms with Gasteiger partial charge in [-0.1, -0.05) is 79.1 Å². The second-order valence-electron chi connectivity index (χ2n) is 13.7. The summed E-state index contributed by atoms with van der Waals surface area (Å²) in [6.07, 6.45) is 11.6. The molecule has 1 aromatic carbocycles. The van der Waals surface area contributed by atoms with Crippen LogP contribution in [0.4, 0.5) is 0 Å². The number of carboxylic acids is 2. The Morgan fingerprint density at radius 3 is 1.11 bits per heavy atom. The molecular weight excluding hydrogens is 1390 g/mol. The van der Waals surface area contributed by atoms with E-state index < -0.39 is 33.8 Å². The van der Waals surface area contributed by atoms with Gasteiger partial charge in [-0.3, -0.25) is 19.2 Å². The molecule has 2 unspecified atom stereocenters. The number of hydrogen-bond donors (Lipinski definition) is 2. The largest absolute Gasteiger partial charge is 0.643 e. The summed E-state index contributed by atoms with van der Waals surface area (Å²) in [7, 11) is 14.8. The minimum Gasteiger partial charge on any atom is -0.478 e. The van der Waals surface area contributed by atoms with Gasteiger partial charge in [0.2, 0.25) is 0 Å². The Balaban J connectivity index is 0.000000371. The maximum atomic E-state index is 13.5. The molecule has 5 rings (SSSR count). The van der Waals surface area contributed by atoms with E-state index in [2.05, 4.69) is 135 Å². The number of halogens is 11. The van der Waals surface area contributed by atoms with Gasteiger partial charge < -0.3 is 10.2 Å². The first kappa shape index (κ1) is 59.9. The van der Waals surface area contributed by atoms with Crippen LogP contribution in [0.1, 0.15) is 163 Å². The second-order valence-corrected chi connectivity index (χ2v) is 31.8. The molecule has 0 saturated heterocycles. The predicted molar refractivity (Wildman–Crippen MR) is 284 cm³/mol. The number of rotatable bonds is 16. The van der Waals surface area contributed by atoms with E-state index in [1.165, 1.54) is 72.3 Å². The summed E-state index contributed by atoms with van der Waals surface area (Å²) in [5, 5.41) is 16.0. The topological polar surface area (TPSA) is 143 Å². The van der Waals surface area contributed by atoms with Gasteiger partial charge in [-0.2, -0.15) is 0 Å². The zero-order chi connectivity index (χ0) is 48.0. The molecule has 2 atom stereocenters. The van der Waals surface area contributed by atoms with Crippen molar-refractivity contribution < 1.29 is 39.0 Å². The molecule has 0 bridgehead atoms. The Hall–Kier alpha value is 0.802. The first-order valence-electron chi connectivity index (χ1n) is 19.0. The fourth-order valence-electron chi connectivity index (χ4n) is 6.49. The summed E-state index contributed by atoms with van der Waals surface area (Å²) in [6.45, 7) is 9.04. The van der Waals surface area contributed by atoms with Gasteiger partial charge in [-0.25, -0.2) is 39.7 Å². The third-order valence-electron chi connectivity index (χ3n) is 9.67. The molecule has 0 aliphatic heterocycles. The molecule has 4 aromatic rings. The SMILES string of the molecule is CCCCC(CC)Cc1cc2c(cc1CC(CC)CCCC)C(=O)c1c(Br)sc(Br)c1C2=O.O=C(Cl)c1c(Br)sc(Br)c1C(=O)Cl.O=C(O)c1c(Br)sc(Br)c1C(=O)O.[Cl][Al]([Cl])[Cl]. The zero-order valence-corrected chi connectivity index (χ0v) is 50.6. The molecule has 0 saturated carbocycles. The van der Waals surface area contributed by atoms with Gasteiger partial charge in [0.25, 0.3) is 10.5 Å². The predicted octanol–water partition coefficient (Wildman–Crippen LogP) is 18.0. The van der Waals surface area contributed by atoms with Crippen LogP contribution >= 0.6 is 183 Å². The first-order valence-corrected chi connectivity index (χ1v) is 32.2. The van der Waals surface area contributed by atoms with E-state index in [9.17, 15) is 28.8 Å². The van der Waals surface area contributed by atoms with Crippen molar-refractivity contribution in [2.24, 2.45) is 11.8 Å². The second kappa shape index (κ2) is 29.1. The van der Waals surface area contributed by atoms with Crippen LogP contribution in [-0.4, -0.2) is 55.6 Å². The first-order chi connectivity index (χ1) is 29.5. The number of carbonyl (C=O) groups is 6. The van der Waals surface area contributed by atoms with Gasteiger partial charge in [0.05, 0.1) is 45.0 Å². The number of hydrogen-bond acceptors (Lipinski definition) is 9. The smallest absolute Gasteiger partial charge is 0.478 e. The van der Waals surface area contributed by atoms with E-state index in [0.717, 1.165) is 44.6 Å². The van der Waals surface area contributed by atoms with Crippen LogP contribution in [0.3, 0.4) is 0 Å². The van der Waals surface area contributed by atoms with Crippen LogP contribution in [0.15, 0.2) is 34.9 Å². The molecule has 344 valence electrons. The number of fused-ring (bicyclic) bond motifs is 2. The van der Waals surface area contributed by atoms with Gasteiger partial charge in [-0.05, 0) is 167 Å². The highest BCUT2D eigenvalue weighted by atomic mass is 79.9. The molecule has 0 radical (unpaired) electrons. The molecule has 2 N–H and O–H groups in total. The van der Waals surface area contributed by atoms with E-state index in [1.807, 2.05) is 0 Å². The van der Waals surface area contributed by atoms with E-state index in [4.69, 9.17) is 63.6 Å². The van der Waals surface area contributed by atoms with Crippen molar-refractivity contribution >= 4 is 228 Å². The van der Waals surface area contributed by atoms with Crippen LogP contribution in [0, 0.1) is 11.8 Å². The van der Waals surface area contributed by atoms with E-state index in [0.29, 0.717) is 49.2 Å². The molecule has 3 aromatic heterocycles. The van der Waals surface area contributed by atoms with Crippen LogP contribution < -0.4 is 0 Å². The van der Waals surface area contributed by atoms with Crippen molar-refractivity contribution in [1.82, 2.24) is 0 Å². The lowest BCUT2D eigenvalue weighted by molar-refractivity contribution is 0.0651. The monoisotopic (exact) mass is 1420 g/mol. The number of carboxylic acid groups (broad SMARTS) is 2. The molecule has 1 aliphatic rings. The molecule has 3 heterocycles. The standard InChI is InChI=1S/C28H36Br2O2S.C6Br2Cl2O2S.C6H2Br2O4S.Al.3ClH/c1-5-9-11-17(7-3)13-19-15-21-22(16-20(19)14-18(8-4)12-10-6-2)26(32)24-23(25(21)31)27(29)33-28(24)30;7-3-1(5(9)11)2(6(10)12)4(8)13-3;7-3-1(5(9)10)2(6(11)12)4(8)13-3;;;;/h15-18H,5-14H2,1-4H3;;(H,9,10)(H,11,12);;3*1H/q;;;+3;;;/p-3. The summed E-state index contributed by atoms with van der Waals surface area (Å²) >= 11 is 31.7. The van der Waals surface area contributed by atoms with Crippen molar-refractivity contribution in [3.05, 3.63) is 90.5 Å². The summed E-state index contributed by atoms with van der Waals surface area (Å²) < 4.78 is 3.04. The number of aromatic carboxylic acids is 2. The van der Waals surface area contributed by atoms with E-state index >= 15 is 0 Å². The highest BCUT2D eigenvalue weighted by Gasteiger charge is 2.36. The van der Waals surface area contributed by atoms with Crippen molar-refractivity contribution in [2.45, 2.75) is 91.9 Å². The number of unbranched alkanes of at least 4 members (excludes halogenated alkanes) is 2. The van der Waals surface area contributed by atoms with Crippen molar-refractivity contribution in [1.29, 1.82) is 0 Å². The number of benzene rings is 1. The van der Waals surface area contributed by atoms with Gasteiger partial charge in [0.15, 0.2) is 11.6 Å². The molecule has 1 aliphatic carbocycles. The van der Waals surface area contributed by atoms with Crippen LogP contribution in [-0.2, 0) is 12.8 Å². The molecule has 0 spiro atoms. The molecule has 23 heteroatoms. The number of ketones is 2. The van der Waals surface area contributed by atoms with E-state index in [1.54, 1.807) is 0 Å². The average molecular weight is 1430 g/mol. The van der Waals surface area contributed by atoms with Crippen molar-refractivity contribution in [3.63, 3.8) is 0 Å². The van der Waals surface area contributed by atoms with Gasteiger partial charge in [-0.15, -0.1) is 34.0 Å². The van der Waals surface area contributed by atoms with Crippen molar-refractivity contribution in [2.75, 3.05) is 0 Å². The Morgan fingerprint density at radius 1 is 0.571 bits per heavy atom. The van der Waals surface area contributed by atoms with Gasteiger partial charge >= 0.3 is 23.3 Å². The molecular formula is C40H38AlBr6Cl5O8S3. The fourth-order valence-corrected chi connectivity index (χ4v) is 16.6. The molecule has 8 nitrogen and oxygen atoms in total. The minimum atomic E-state index is -1.72. The lowest BCUT2D eigenvalue weighted by atomic mass is 9.79. The Labute approximate surface area is 455 Å². The average Bonchev–Trinajstić information content (AvgIpc) is 3.80. The highest BCUT2D eigenvalue weighted by molar-refractivity contribution is 9.13. The van der Waals surface area contributed by atoms with Gasteiger partial charge in [0.1, 0.15) is 11.1 Å². The van der Waals surface area contributed by atoms with Crippen LogP contribution in [0.25, 0.3) is 0 Å². The summed E-state index contributed by atoms with van der Waals surface area (Å²) in [6, 6.07) is 4.15. The third-order valence-corrected chi connectivity index (χ3v) is 17.6. The molecule has 0 fully saturated rings. The third kappa shape index (κ3) is 17.0. The van der Waals surface area contributed by atoms with Crippen molar-refractivity contribution in [3.8, 4) is 0 Å². The van der Waals surface area contributed by atoms with Gasteiger partial charge in [0, 0.05) is 11.1 Å². The Kier molecular flexibility index (Phi) is 27.7. The summed E-state index contributed by atoms with van der Waals surface area (Å²) in [4.78, 5) is 70.1. The highest BCUT2D eigenvalue weighted by Crippen LogP contribution is 2.44. The zero-order valence-electron chi connectivity index (χ0n) is 33.7. The minimum absolute atomic E-state index is 0.0270. The lowest BCUT2D eigenvalue weighted by Gasteiger charge is -2.24. The number of thiophene rings is 3. The lowest BCUT2D eigenvalue weighted by Crippen LogP contribution is -2.22. The van der Waals surface area contributed by atoms with Crippen LogP contribution in [0.5, 0.6) is 0 Å². The molecule has 63 heavy (non-hydrogen) atoms. The Bertz CT molecular complexity index is 2100. The number of carbonyl (C=O) groups excluding carboxylic acids is 4. The quantitative estimate of drug-likeness (QED) is 0.0734. The normalized spacial score (nSPS) is 12.4.